The summed E-state index contributed by atoms with van der Waals surface area (Å²) in [6.45, 7) is 3.48. The molecular formula is C19H17N3O6. The van der Waals surface area contributed by atoms with Crippen LogP contribution in [0.15, 0.2) is 46.9 Å². The van der Waals surface area contributed by atoms with Crippen LogP contribution in [0.3, 0.4) is 0 Å². The van der Waals surface area contributed by atoms with E-state index in [1.807, 2.05) is 6.92 Å². The average molecular weight is 383 g/mol. The Morgan fingerprint density at radius 2 is 1.89 bits per heavy atom. The van der Waals surface area contributed by atoms with E-state index in [1.54, 1.807) is 25.1 Å². The summed E-state index contributed by atoms with van der Waals surface area (Å²) in [4.78, 5) is 22.6. The number of nitro benzene ring substituents is 1. The topological polar surface area (TPSA) is 118 Å². The summed E-state index contributed by atoms with van der Waals surface area (Å²) in [5.74, 6) is 0.312. The normalized spacial score (nSPS) is 11.7. The third-order valence-electron chi connectivity index (χ3n) is 4.04. The molecule has 0 saturated heterocycles. The number of ether oxygens (including phenoxy) is 2. The number of benzene rings is 2. The molecule has 9 nitrogen and oxygen atoms in total. The van der Waals surface area contributed by atoms with Gasteiger partial charge in [0.25, 0.3) is 11.6 Å². The van der Waals surface area contributed by atoms with Gasteiger partial charge in [-0.3, -0.25) is 10.1 Å². The first-order valence-corrected chi connectivity index (χ1v) is 8.33. The van der Waals surface area contributed by atoms with Crippen molar-refractivity contribution < 1.29 is 23.6 Å². The second-order valence-electron chi connectivity index (χ2n) is 5.98. The molecule has 0 bridgehead atoms. The van der Waals surface area contributed by atoms with Crippen molar-refractivity contribution in [3.63, 3.8) is 0 Å². The minimum atomic E-state index is -0.779. The first kappa shape index (κ1) is 19.0. The summed E-state index contributed by atoms with van der Waals surface area (Å²) in [7, 11) is 1.53. The highest BCUT2D eigenvalue weighted by Crippen LogP contribution is 2.26. The highest BCUT2D eigenvalue weighted by atomic mass is 16.6. The number of esters is 1. The van der Waals surface area contributed by atoms with E-state index in [0.29, 0.717) is 16.9 Å². The zero-order chi connectivity index (χ0) is 20.3. The maximum absolute atomic E-state index is 12.4. The van der Waals surface area contributed by atoms with Crippen LogP contribution in [0.2, 0.25) is 0 Å². The molecule has 0 amide bonds. The predicted octanol–water partition coefficient (Wildman–Crippen LogP) is 3.88. The lowest BCUT2D eigenvalue weighted by Gasteiger charge is -2.11. The van der Waals surface area contributed by atoms with Crippen molar-refractivity contribution in [3.05, 3.63) is 69.6 Å². The molecule has 3 aromatic rings. The number of carbonyl (C=O) groups excluding carboxylic acids is 1. The van der Waals surface area contributed by atoms with Crippen LogP contribution in [0, 0.1) is 17.0 Å². The lowest BCUT2D eigenvalue weighted by atomic mass is 10.1. The van der Waals surface area contributed by atoms with Crippen molar-refractivity contribution in [2.45, 2.75) is 20.0 Å². The number of nitrogens with zero attached hydrogens (tertiary/aromatic N) is 3. The highest BCUT2D eigenvalue weighted by molar-refractivity contribution is 5.90. The van der Waals surface area contributed by atoms with E-state index in [-0.39, 0.29) is 17.5 Å². The molecule has 1 heterocycles. The van der Waals surface area contributed by atoms with Gasteiger partial charge in [0.15, 0.2) is 6.10 Å². The van der Waals surface area contributed by atoms with Crippen molar-refractivity contribution in [3.8, 4) is 17.2 Å². The van der Waals surface area contributed by atoms with E-state index in [2.05, 4.69) is 10.2 Å². The Morgan fingerprint density at radius 1 is 1.18 bits per heavy atom. The van der Waals surface area contributed by atoms with E-state index in [4.69, 9.17) is 13.9 Å². The largest absolute Gasteiger partial charge is 0.496 e. The fourth-order valence-electron chi connectivity index (χ4n) is 2.47. The fourth-order valence-corrected chi connectivity index (χ4v) is 2.47. The van der Waals surface area contributed by atoms with Crippen molar-refractivity contribution in [2.75, 3.05) is 7.11 Å². The van der Waals surface area contributed by atoms with Crippen LogP contribution >= 0.6 is 0 Å². The lowest BCUT2D eigenvalue weighted by Crippen LogP contribution is -2.10. The Morgan fingerprint density at radius 3 is 2.54 bits per heavy atom. The van der Waals surface area contributed by atoms with E-state index in [0.717, 1.165) is 5.56 Å². The van der Waals surface area contributed by atoms with Gasteiger partial charge in [-0.05, 0) is 43.7 Å². The van der Waals surface area contributed by atoms with Crippen molar-refractivity contribution in [2.24, 2.45) is 0 Å². The number of carbonyl (C=O) groups is 1. The van der Waals surface area contributed by atoms with Gasteiger partial charge in [0.1, 0.15) is 5.75 Å². The molecule has 0 N–H and O–H groups in total. The minimum absolute atomic E-state index is 0.0423. The van der Waals surface area contributed by atoms with Crippen molar-refractivity contribution in [1.29, 1.82) is 0 Å². The summed E-state index contributed by atoms with van der Waals surface area (Å²) < 4.78 is 16.1. The SMILES string of the molecule is COc1cc(C(=O)O[C@H](C)c2nnc(-c3ccc([N+](=O)[O-])cc3)o2)ccc1C. The molecule has 144 valence electrons. The first-order chi connectivity index (χ1) is 13.4. The lowest BCUT2D eigenvalue weighted by molar-refractivity contribution is -0.384. The average Bonchev–Trinajstić information content (AvgIpc) is 3.18. The Labute approximate surface area is 160 Å². The van der Waals surface area contributed by atoms with Gasteiger partial charge in [0.2, 0.25) is 5.89 Å². The summed E-state index contributed by atoms with van der Waals surface area (Å²) in [5, 5.41) is 18.5. The molecule has 2 aromatic carbocycles. The van der Waals surface area contributed by atoms with Gasteiger partial charge >= 0.3 is 5.97 Å². The summed E-state index contributed by atoms with van der Waals surface area (Å²) >= 11 is 0. The molecule has 0 aliphatic rings. The van der Waals surface area contributed by atoms with Gasteiger partial charge in [0.05, 0.1) is 17.6 Å². The number of aryl methyl sites for hydroxylation is 1. The van der Waals surface area contributed by atoms with Gasteiger partial charge < -0.3 is 13.9 Å². The van der Waals surface area contributed by atoms with Gasteiger partial charge in [-0.1, -0.05) is 6.07 Å². The number of non-ortho nitro benzene ring substituents is 1. The summed E-state index contributed by atoms with van der Waals surface area (Å²) in [6.07, 6.45) is -0.779. The quantitative estimate of drug-likeness (QED) is 0.357. The smallest absolute Gasteiger partial charge is 0.339 e. The Kier molecular flexibility index (Phi) is 5.35. The van der Waals surface area contributed by atoms with Crippen LogP contribution in [0.5, 0.6) is 5.75 Å². The van der Waals surface area contributed by atoms with E-state index >= 15 is 0 Å². The Bertz CT molecular complexity index is 1010. The Balaban J connectivity index is 1.72. The molecule has 0 aliphatic carbocycles. The minimum Gasteiger partial charge on any atom is -0.496 e. The third kappa shape index (κ3) is 3.98. The predicted molar refractivity (Wildman–Crippen MR) is 97.9 cm³/mol. The molecule has 9 heteroatoms. The zero-order valence-electron chi connectivity index (χ0n) is 15.4. The van der Waals surface area contributed by atoms with Crippen molar-refractivity contribution >= 4 is 11.7 Å². The Hall–Kier alpha value is -3.75. The van der Waals surface area contributed by atoms with Gasteiger partial charge in [0, 0.05) is 17.7 Å². The third-order valence-corrected chi connectivity index (χ3v) is 4.04. The second kappa shape index (κ2) is 7.87. The van der Waals surface area contributed by atoms with E-state index in [9.17, 15) is 14.9 Å². The summed E-state index contributed by atoms with van der Waals surface area (Å²) in [6, 6.07) is 10.7. The monoisotopic (exact) mass is 383 g/mol. The summed E-state index contributed by atoms with van der Waals surface area (Å²) in [5.41, 5.74) is 1.71. The highest BCUT2D eigenvalue weighted by Gasteiger charge is 2.21. The number of aromatic nitrogens is 2. The molecule has 28 heavy (non-hydrogen) atoms. The van der Waals surface area contributed by atoms with Crippen LogP contribution in [0.1, 0.15) is 34.8 Å². The molecule has 1 aromatic heterocycles. The maximum Gasteiger partial charge on any atom is 0.339 e. The van der Waals surface area contributed by atoms with Crippen LogP contribution in [0.25, 0.3) is 11.5 Å². The second-order valence-corrected chi connectivity index (χ2v) is 5.98. The maximum atomic E-state index is 12.4. The van der Waals surface area contributed by atoms with E-state index in [1.165, 1.54) is 31.4 Å². The molecular weight excluding hydrogens is 366 g/mol. The molecule has 0 fully saturated rings. The zero-order valence-corrected chi connectivity index (χ0v) is 15.4. The van der Waals surface area contributed by atoms with Crippen molar-refractivity contribution in [1.82, 2.24) is 10.2 Å². The van der Waals surface area contributed by atoms with Crippen LogP contribution in [-0.2, 0) is 4.74 Å². The van der Waals surface area contributed by atoms with Crippen LogP contribution in [-0.4, -0.2) is 28.2 Å². The number of hydrogen-bond acceptors (Lipinski definition) is 8. The first-order valence-electron chi connectivity index (χ1n) is 8.33. The standard InChI is InChI=1S/C19H17N3O6/c1-11-4-5-14(10-16(11)26-3)19(23)27-12(2)17-20-21-18(28-17)13-6-8-15(9-7-13)22(24)25/h4-10,12H,1-3H3/t12-/m1/s1. The van der Waals surface area contributed by atoms with E-state index < -0.39 is 17.0 Å². The number of methoxy groups -OCH3 is 1. The molecule has 0 radical (unpaired) electrons. The fraction of sp³-hybridized carbons (Fsp3) is 0.211. The van der Waals surface area contributed by atoms with Gasteiger partial charge in [-0.15, -0.1) is 10.2 Å². The molecule has 0 unspecified atom stereocenters. The molecule has 3 rings (SSSR count). The van der Waals surface area contributed by atoms with Crippen LogP contribution < -0.4 is 4.74 Å². The molecule has 1 atom stereocenters. The van der Waals surface area contributed by atoms with Crippen LogP contribution in [0.4, 0.5) is 5.69 Å². The van der Waals surface area contributed by atoms with Gasteiger partial charge in [-0.2, -0.15) is 0 Å². The molecule has 0 saturated carbocycles. The molecule has 0 spiro atoms. The van der Waals surface area contributed by atoms with Gasteiger partial charge in [-0.25, -0.2) is 4.79 Å². The molecule has 0 aliphatic heterocycles. The number of nitro groups is 1. The number of hydrogen-bond donors (Lipinski definition) is 0. The number of rotatable bonds is 6.